The Morgan fingerprint density at radius 2 is 2.11 bits per heavy atom. The Bertz CT molecular complexity index is 972. The molecule has 0 saturated heterocycles. The van der Waals surface area contributed by atoms with Gasteiger partial charge < -0.3 is 9.47 Å². The van der Waals surface area contributed by atoms with Crippen LogP contribution in [-0.4, -0.2) is 33.4 Å². The van der Waals surface area contributed by atoms with Crippen molar-refractivity contribution in [2.75, 3.05) is 11.9 Å². The maximum Gasteiger partial charge on any atom is 0.412 e. The highest BCUT2D eigenvalue weighted by Gasteiger charge is 2.13. The number of carbonyl (C=O) groups is 2. The van der Waals surface area contributed by atoms with Crippen molar-refractivity contribution in [1.29, 1.82) is 0 Å². The molecular formula is C18H17ClN4O4S. The molecule has 28 heavy (non-hydrogen) atoms. The van der Waals surface area contributed by atoms with Gasteiger partial charge in [0.25, 0.3) is 0 Å². The number of benzene rings is 1. The van der Waals surface area contributed by atoms with Crippen molar-refractivity contribution in [3.63, 3.8) is 0 Å². The number of hydrogen-bond donors (Lipinski definition) is 1. The van der Waals surface area contributed by atoms with E-state index in [0.717, 1.165) is 5.56 Å². The summed E-state index contributed by atoms with van der Waals surface area (Å²) in [5.74, 6) is -0.442. The van der Waals surface area contributed by atoms with Crippen LogP contribution < -0.4 is 5.32 Å². The monoisotopic (exact) mass is 420 g/mol. The average molecular weight is 421 g/mol. The predicted octanol–water partition coefficient (Wildman–Crippen LogP) is 3.97. The highest BCUT2D eigenvalue weighted by atomic mass is 35.5. The van der Waals surface area contributed by atoms with Gasteiger partial charge in [-0.3, -0.25) is 10.00 Å². The molecule has 8 nitrogen and oxygen atoms in total. The van der Waals surface area contributed by atoms with Crippen LogP contribution in [0.15, 0.2) is 42.0 Å². The first-order valence-electron chi connectivity index (χ1n) is 8.36. The standard InChI is InChI=1S/C18H17ClN4O4S/c1-2-26-17(24)16-21-14(11-28-16)9-23-8-13(7-20-23)22-18(25)27-10-12-5-3-4-6-15(12)19/h3-8,11H,2,9-10H2,1H3,(H,22,25). The van der Waals surface area contributed by atoms with Crippen molar-refractivity contribution in [1.82, 2.24) is 14.8 Å². The molecule has 146 valence electrons. The van der Waals surface area contributed by atoms with Gasteiger partial charge in [-0.1, -0.05) is 29.8 Å². The SMILES string of the molecule is CCOC(=O)c1nc(Cn2cc(NC(=O)OCc3ccccc3Cl)cn2)cs1. The lowest BCUT2D eigenvalue weighted by atomic mass is 10.2. The van der Waals surface area contributed by atoms with Crippen LogP contribution in [0.1, 0.15) is 28.0 Å². The number of ether oxygens (including phenoxy) is 2. The zero-order valence-corrected chi connectivity index (χ0v) is 16.5. The summed E-state index contributed by atoms with van der Waals surface area (Å²) in [5, 5.41) is 9.35. The molecule has 2 heterocycles. The lowest BCUT2D eigenvalue weighted by Gasteiger charge is -2.06. The Morgan fingerprint density at radius 3 is 2.89 bits per heavy atom. The van der Waals surface area contributed by atoms with Gasteiger partial charge in [0.15, 0.2) is 0 Å². The number of amides is 1. The van der Waals surface area contributed by atoms with E-state index in [1.807, 2.05) is 6.07 Å². The fourth-order valence-corrected chi connectivity index (χ4v) is 3.15. The number of rotatable bonds is 7. The Labute approximate surface area is 170 Å². The average Bonchev–Trinajstić information content (AvgIpc) is 3.31. The van der Waals surface area contributed by atoms with Gasteiger partial charge in [0, 0.05) is 22.2 Å². The van der Waals surface area contributed by atoms with E-state index < -0.39 is 12.1 Å². The van der Waals surface area contributed by atoms with Crippen LogP contribution in [0.4, 0.5) is 10.5 Å². The molecule has 0 atom stereocenters. The van der Waals surface area contributed by atoms with E-state index in [-0.39, 0.29) is 6.61 Å². The van der Waals surface area contributed by atoms with Gasteiger partial charge in [-0.05, 0) is 13.0 Å². The fraction of sp³-hybridized carbons (Fsp3) is 0.222. The van der Waals surface area contributed by atoms with E-state index in [2.05, 4.69) is 15.4 Å². The summed E-state index contributed by atoms with van der Waals surface area (Å²) in [6, 6.07) is 7.14. The molecule has 3 aromatic rings. The zero-order chi connectivity index (χ0) is 19.9. The largest absolute Gasteiger partial charge is 0.461 e. The third-order valence-corrected chi connectivity index (χ3v) is 4.76. The quantitative estimate of drug-likeness (QED) is 0.581. The number of aromatic nitrogens is 3. The van der Waals surface area contributed by atoms with Crippen molar-refractivity contribution in [2.45, 2.75) is 20.1 Å². The van der Waals surface area contributed by atoms with Crippen LogP contribution in [0.3, 0.4) is 0 Å². The van der Waals surface area contributed by atoms with E-state index >= 15 is 0 Å². The minimum atomic E-state index is -0.613. The van der Waals surface area contributed by atoms with Crippen molar-refractivity contribution in [2.24, 2.45) is 0 Å². The lowest BCUT2D eigenvalue weighted by Crippen LogP contribution is -2.13. The summed E-state index contributed by atoms with van der Waals surface area (Å²) >= 11 is 7.24. The number of esters is 1. The first-order valence-corrected chi connectivity index (χ1v) is 9.62. The van der Waals surface area contributed by atoms with Gasteiger partial charge in [0.05, 0.1) is 30.7 Å². The molecule has 0 aliphatic carbocycles. The molecule has 1 N–H and O–H groups in total. The van der Waals surface area contributed by atoms with Crippen molar-refractivity contribution < 1.29 is 19.1 Å². The minimum Gasteiger partial charge on any atom is -0.461 e. The molecule has 0 bridgehead atoms. The molecule has 0 aliphatic rings. The number of halogens is 1. The molecule has 0 unspecified atom stereocenters. The maximum absolute atomic E-state index is 11.9. The second-order valence-electron chi connectivity index (χ2n) is 5.58. The van der Waals surface area contributed by atoms with Gasteiger partial charge in [-0.2, -0.15) is 5.10 Å². The molecule has 0 saturated carbocycles. The Morgan fingerprint density at radius 1 is 1.29 bits per heavy atom. The summed E-state index contributed by atoms with van der Waals surface area (Å²) in [7, 11) is 0. The highest BCUT2D eigenvalue weighted by molar-refractivity contribution is 7.11. The summed E-state index contributed by atoms with van der Waals surface area (Å²) in [5.41, 5.74) is 1.87. The third kappa shape index (κ3) is 5.30. The molecule has 0 radical (unpaired) electrons. The molecule has 10 heteroatoms. The highest BCUT2D eigenvalue weighted by Crippen LogP contribution is 2.17. The summed E-state index contributed by atoms with van der Waals surface area (Å²) in [4.78, 5) is 27.8. The first kappa shape index (κ1) is 19.8. The summed E-state index contributed by atoms with van der Waals surface area (Å²) in [6.07, 6.45) is 2.52. The number of nitrogens with one attached hydrogen (secondary N) is 1. The molecular weight excluding hydrogens is 404 g/mol. The van der Waals surface area contributed by atoms with Gasteiger partial charge in [0.2, 0.25) is 5.01 Å². The van der Waals surface area contributed by atoms with Crippen LogP contribution in [0.5, 0.6) is 0 Å². The molecule has 0 spiro atoms. The number of anilines is 1. The molecule has 1 amide bonds. The number of thiazole rings is 1. The van der Waals surface area contributed by atoms with Gasteiger partial charge in [-0.15, -0.1) is 11.3 Å². The lowest BCUT2D eigenvalue weighted by molar-refractivity contribution is 0.0525. The number of hydrogen-bond acceptors (Lipinski definition) is 7. The van der Waals surface area contributed by atoms with E-state index in [0.29, 0.717) is 34.6 Å². The van der Waals surface area contributed by atoms with E-state index in [4.69, 9.17) is 21.1 Å². The van der Waals surface area contributed by atoms with E-state index in [1.54, 1.807) is 41.4 Å². The minimum absolute atomic E-state index is 0.0646. The molecule has 3 rings (SSSR count). The number of nitrogens with zero attached hydrogens (tertiary/aromatic N) is 3. The predicted molar refractivity (Wildman–Crippen MR) is 105 cm³/mol. The Hall–Kier alpha value is -2.91. The third-order valence-electron chi connectivity index (χ3n) is 3.52. The Kier molecular flexibility index (Phi) is 6.62. The van der Waals surface area contributed by atoms with Crippen LogP contribution in [0, 0.1) is 0 Å². The van der Waals surface area contributed by atoms with Crippen LogP contribution >= 0.6 is 22.9 Å². The van der Waals surface area contributed by atoms with E-state index in [1.165, 1.54) is 17.5 Å². The zero-order valence-electron chi connectivity index (χ0n) is 14.9. The van der Waals surface area contributed by atoms with Gasteiger partial charge in [0.1, 0.15) is 6.61 Å². The smallest absolute Gasteiger partial charge is 0.412 e. The molecule has 1 aromatic carbocycles. The van der Waals surface area contributed by atoms with Gasteiger partial charge >= 0.3 is 12.1 Å². The second-order valence-corrected chi connectivity index (χ2v) is 6.85. The first-order chi connectivity index (χ1) is 13.5. The topological polar surface area (TPSA) is 95.3 Å². The van der Waals surface area contributed by atoms with Crippen molar-refractivity contribution >= 4 is 40.7 Å². The van der Waals surface area contributed by atoms with Crippen molar-refractivity contribution in [3.05, 3.63) is 63.3 Å². The molecule has 0 aliphatic heterocycles. The maximum atomic E-state index is 11.9. The van der Waals surface area contributed by atoms with E-state index in [9.17, 15) is 9.59 Å². The molecule has 2 aromatic heterocycles. The van der Waals surface area contributed by atoms with Crippen LogP contribution in [0.2, 0.25) is 5.02 Å². The normalized spacial score (nSPS) is 10.5. The Balaban J connectivity index is 1.52. The molecule has 0 fully saturated rings. The summed E-state index contributed by atoms with van der Waals surface area (Å²) in [6.45, 7) is 2.46. The second kappa shape index (κ2) is 9.34. The summed E-state index contributed by atoms with van der Waals surface area (Å²) < 4.78 is 11.7. The van der Waals surface area contributed by atoms with Crippen LogP contribution in [-0.2, 0) is 22.6 Å². The fourth-order valence-electron chi connectivity index (χ4n) is 2.26. The van der Waals surface area contributed by atoms with Crippen LogP contribution in [0.25, 0.3) is 0 Å². The van der Waals surface area contributed by atoms with Crippen molar-refractivity contribution in [3.8, 4) is 0 Å². The number of carbonyl (C=O) groups excluding carboxylic acids is 2. The van der Waals surface area contributed by atoms with Gasteiger partial charge in [-0.25, -0.2) is 14.6 Å².